The van der Waals surface area contributed by atoms with Crippen molar-refractivity contribution in [2.75, 3.05) is 20.6 Å². The van der Waals surface area contributed by atoms with E-state index in [1.54, 1.807) is 354 Å². The number of amides is 1. The molecule has 0 radical (unpaired) electrons. The minimum atomic E-state index is -0.452. The van der Waals surface area contributed by atoms with Crippen LogP contribution in [-0.2, 0) is 10.8 Å². The van der Waals surface area contributed by atoms with Crippen LogP contribution in [0.5, 0.6) is 0 Å². The number of hydrazone groups is 1. The van der Waals surface area contributed by atoms with E-state index in [9.17, 15) is 9.59 Å². The van der Waals surface area contributed by atoms with E-state index in [1.807, 2.05) is 13.0 Å². The summed E-state index contributed by atoms with van der Waals surface area (Å²) in [6, 6.07) is 20.3. The van der Waals surface area contributed by atoms with Gasteiger partial charge in [-0.3, -0.25) is 14.2 Å². The Bertz CT molecular complexity index is 9090. The Morgan fingerprint density at radius 3 is 1.14 bits per heavy atom. The van der Waals surface area contributed by atoms with Gasteiger partial charge in [-0.15, -0.1) is 0 Å². The van der Waals surface area contributed by atoms with Gasteiger partial charge >= 0.3 is 0 Å². The smallest absolute Gasteiger partial charge is 0.271 e. The van der Waals surface area contributed by atoms with Gasteiger partial charge in [-0.1, -0.05) is 40.2 Å². The van der Waals surface area contributed by atoms with Crippen molar-refractivity contribution in [3.63, 3.8) is 0 Å². The summed E-state index contributed by atoms with van der Waals surface area (Å²) in [7, 11) is 5.29. The Morgan fingerprint density at radius 2 is 0.792 bits per heavy atom. The lowest BCUT2D eigenvalue weighted by atomic mass is 9.47. The molecule has 1 aromatic heterocycles. The number of carbonyl (C=O) groups excluding carboxylic acids is 1. The van der Waals surface area contributed by atoms with E-state index in [-0.39, 0.29) is 22.9 Å². The standard InChI is InChI=1S/C87H23Br2N5O2/c1-16-91-82-22(12-20(88)13-23(82)89)85(96)93(16)21-10-8-19(9-11-21)84(95)92-90-14-17-4-6-18(7-5-17)83-87-80-74-68-58-46-38-30-26-24-25-28-32(30)40(46)50-44-36(28)37-29(25)33-31-27(24)35-34(26)42-48(38)56-62-52(42)53-43(35)49-39(31)47-41(33)51-45(37)55-54(44)66(60(50)68)76(80)77-67(55)61(51)69-59(47)65-57(49)63(53)71-70(62)78(72(74)64(56)58)86(87,15-94(83,2)3)79(71)73(65)75(69)81(77)87/h4-14,83H,15H2,1-3H3/p+1/b90-14+. The fourth-order valence-corrected chi connectivity index (χ4v) is 30.8. The number of rotatable bonds is 5. The minimum absolute atomic E-state index is 0.0516. The summed E-state index contributed by atoms with van der Waals surface area (Å²) in [6.07, 6.45) is 1.80. The third kappa shape index (κ3) is 2.78. The van der Waals surface area contributed by atoms with Gasteiger partial charge in [0, 0.05) is 20.1 Å². The van der Waals surface area contributed by atoms with Crippen LogP contribution in [0.25, 0.3) is 307 Å². The van der Waals surface area contributed by atoms with Crippen LogP contribution in [0.4, 0.5) is 0 Å². The highest BCUT2D eigenvalue weighted by molar-refractivity contribution is 9.11. The number of likely N-dealkylation sites (N-methyl/N-ethyl adjacent to an activating group) is 1. The summed E-state index contributed by atoms with van der Waals surface area (Å²) in [5.74, 6) is 0.226. The van der Waals surface area contributed by atoms with Gasteiger partial charge in [-0.05, 0) is 378 Å². The first-order valence-corrected chi connectivity index (χ1v) is 35.7. The van der Waals surface area contributed by atoms with Crippen LogP contribution < -0.4 is 11.0 Å². The molecular weight excluding hydrogens is 1310 g/mol. The monoisotopic (exact) mass is 1330 g/mol. The van der Waals surface area contributed by atoms with Gasteiger partial charge < -0.3 is 4.48 Å². The molecule has 1 atom stereocenters. The van der Waals surface area contributed by atoms with E-state index in [2.05, 4.69) is 80.7 Å². The van der Waals surface area contributed by atoms with E-state index >= 15 is 0 Å². The molecule has 96 heavy (non-hydrogen) atoms. The number of nitrogens with zero attached hydrogens (tertiary/aromatic N) is 4. The van der Waals surface area contributed by atoms with Crippen LogP contribution >= 0.6 is 31.9 Å². The molecule has 1 saturated heterocycles. The third-order valence-corrected chi connectivity index (χ3v) is 31.5. The second-order valence-electron chi connectivity index (χ2n) is 32.8. The molecule has 2 heterocycles. The highest BCUT2D eigenvalue weighted by Gasteiger charge is 2.80. The summed E-state index contributed by atoms with van der Waals surface area (Å²) in [4.78, 5) is 32.7. The minimum Gasteiger partial charge on any atom is -0.320 e. The third-order valence-electron chi connectivity index (χ3n) is 30.4. The lowest BCUT2D eigenvalue weighted by Gasteiger charge is -2.49. The first-order valence-electron chi connectivity index (χ1n) is 34.1. The van der Waals surface area contributed by atoms with Gasteiger partial charge in [0.15, 0.2) is 0 Å². The van der Waals surface area contributed by atoms with Crippen molar-refractivity contribution in [2.45, 2.75) is 23.8 Å². The maximum atomic E-state index is 14.0. The fourth-order valence-electron chi connectivity index (χ4n) is 29.5. The maximum Gasteiger partial charge on any atom is 0.271 e. The van der Waals surface area contributed by atoms with Crippen LogP contribution in [0.15, 0.2) is 79.5 Å². The van der Waals surface area contributed by atoms with Crippen LogP contribution in [0.3, 0.4) is 0 Å². The van der Waals surface area contributed by atoms with Crippen LogP contribution in [-0.4, -0.2) is 46.8 Å². The van der Waals surface area contributed by atoms with Crippen molar-refractivity contribution in [3.8, 4) is 5.69 Å². The van der Waals surface area contributed by atoms with Gasteiger partial charge in [0.25, 0.3) is 11.5 Å². The summed E-state index contributed by atoms with van der Waals surface area (Å²) in [5.41, 5.74) is 12.7. The Hall–Kier alpha value is -10.7. The fraction of sp³-hybridized carbons (Fsp3) is 0.0805. The molecule has 1 amide bonds. The molecular formula is C87H24Br2N5O2+. The average Bonchev–Trinajstić information content (AvgIpc) is 1.38. The largest absolute Gasteiger partial charge is 0.320 e. The predicted molar refractivity (Wildman–Crippen MR) is 403 cm³/mol. The molecule has 422 valence electrons. The molecule has 4 aliphatic carbocycles. The molecule has 7 nitrogen and oxygen atoms in total. The number of fused-ring (bicyclic) bond motifs is 1. The molecule has 1 unspecified atom stereocenters. The Kier molecular flexibility index (Phi) is 4.61. The molecule has 5 aliphatic rings. The van der Waals surface area contributed by atoms with Crippen LogP contribution in [0.2, 0.25) is 0 Å². The molecule has 1 aliphatic heterocycles. The normalized spacial score (nSPS) is 21.0. The molecule has 1 N–H and O–H groups in total. The van der Waals surface area contributed by atoms with Crippen molar-refractivity contribution in [3.05, 3.63) is 125 Å². The zero-order valence-electron chi connectivity index (χ0n) is 50.0. The van der Waals surface area contributed by atoms with Crippen molar-refractivity contribution in [1.82, 2.24) is 15.0 Å². The Labute approximate surface area is 545 Å². The summed E-state index contributed by atoms with van der Waals surface area (Å²) >= 11 is 7.13. The summed E-state index contributed by atoms with van der Waals surface area (Å²) in [5, 5.41) is 92.9. The summed E-state index contributed by atoms with van der Waals surface area (Å²) < 4.78 is 3.97. The maximum absolute atomic E-state index is 14.0. The van der Waals surface area contributed by atoms with Gasteiger partial charge in [-0.25, -0.2) is 10.4 Å². The van der Waals surface area contributed by atoms with E-state index in [0.717, 1.165) is 25.5 Å². The van der Waals surface area contributed by atoms with E-state index in [0.29, 0.717) is 28.0 Å². The molecule has 0 saturated carbocycles. The van der Waals surface area contributed by atoms with E-state index < -0.39 is 5.41 Å². The summed E-state index contributed by atoms with van der Waals surface area (Å²) in [6.45, 7) is 2.84. The predicted octanol–water partition coefficient (Wildman–Crippen LogP) is 21.4. The molecule has 0 bridgehead atoms. The van der Waals surface area contributed by atoms with Crippen LogP contribution in [0.1, 0.15) is 55.6 Å². The topological polar surface area (TPSA) is 76.3 Å². The molecule has 2 spiro atoms. The number of carbonyl (C=O) groups is 1. The molecule has 9 heteroatoms. The molecule has 1 fully saturated rings. The van der Waals surface area contributed by atoms with Crippen LogP contribution in [0, 0.1) is 6.92 Å². The molecule has 32 aromatic rings. The molecule has 37 rings (SSSR count). The van der Waals surface area contributed by atoms with Gasteiger partial charge in [0.05, 0.1) is 54.3 Å². The van der Waals surface area contributed by atoms with Crippen molar-refractivity contribution >= 4 is 346 Å². The van der Waals surface area contributed by atoms with Crippen molar-refractivity contribution < 1.29 is 9.28 Å². The Morgan fingerprint density at radius 1 is 0.469 bits per heavy atom. The number of nitrogens with one attached hydrogen (secondary N) is 1. The average molecular weight is 1330 g/mol. The van der Waals surface area contributed by atoms with E-state index in [1.165, 1.54) is 5.56 Å². The number of hydrogen-bond acceptors (Lipinski definition) is 4. The van der Waals surface area contributed by atoms with Crippen molar-refractivity contribution in [1.29, 1.82) is 0 Å². The van der Waals surface area contributed by atoms with E-state index in [4.69, 9.17) is 4.98 Å². The number of quaternary nitrogens is 1. The van der Waals surface area contributed by atoms with Gasteiger partial charge in [0.2, 0.25) is 0 Å². The quantitative estimate of drug-likeness (QED) is 0.0807. The number of likely N-dealkylation sites (tertiary alicyclic amines) is 1. The van der Waals surface area contributed by atoms with Gasteiger partial charge in [0.1, 0.15) is 11.9 Å². The number of halogens is 2. The first-order chi connectivity index (χ1) is 47.1. The van der Waals surface area contributed by atoms with Gasteiger partial charge in [-0.2, -0.15) is 5.10 Å². The van der Waals surface area contributed by atoms with Crippen molar-refractivity contribution in [2.24, 2.45) is 5.10 Å². The number of aryl methyl sites for hydroxylation is 1. The highest BCUT2D eigenvalue weighted by Crippen LogP contribution is 2.87. The lowest BCUT2D eigenvalue weighted by molar-refractivity contribution is -0.911. The lowest BCUT2D eigenvalue weighted by Crippen LogP contribution is -2.52. The second kappa shape index (κ2) is 10.6. The number of aromatic nitrogens is 2. The zero-order valence-corrected chi connectivity index (χ0v) is 53.2. The highest BCUT2D eigenvalue weighted by atomic mass is 79.9. The first kappa shape index (κ1) is 41.9. The SMILES string of the molecule is Cc1nc2c(Br)cc(Br)cc2c(=O)n1-c1ccc(C(=O)N/N=C/c2ccc(C3C45c6c7c8c9c%10c%11c(c%12c%13c4c4c6c6c%14c7c7c8c8c%10c%10c%15c%11c%11c%12c%12c%13c%13c4c4c6c6c%14c%14c7c7c8c%10c8c%10c%15c%11c%11c%12c%12c%13c4c4c6c6c%14c7c8c7c%10c%11c%12c4c67)C95C[N+]3(C)C)cc2)cc1. The molecule has 31 aromatic carbocycles. The number of hydrogen-bond donors (Lipinski definition) is 1. The second-order valence-corrected chi connectivity index (χ2v) is 34.6. The Balaban J connectivity index is 0.692. The number of benzene rings is 21. The zero-order chi connectivity index (χ0) is 60.1.